The molecular weight excluding hydrogens is 214 g/mol. The van der Waals surface area contributed by atoms with Gasteiger partial charge in [0.15, 0.2) is 0 Å². The SMILES string of the molecule is Cc1ccoc1CNc1cc(Cl)ncn1. The molecule has 1 N–H and O–H groups in total. The highest BCUT2D eigenvalue weighted by Gasteiger charge is 2.02. The van der Waals surface area contributed by atoms with Gasteiger partial charge < -0.3 is 9.73 Å². The first-order chi connectivity index (χ1) is 7.25. The van der Waals surface area contributed by atoms with E-state index >= 15 is 0 Å². The van der Waals surface area contributed by atoms with Crippen LogP contribution < -0.4 is 5.32 Å². The maximum Gasteiger partial charge on any atom is 0.134 e. The molecule has 0 amide bonds. The molecular formula is C10H10ClN3O. The predicted octanol–water partition coefficient (Wildman–Crippen LogP) is 2.64. The summed E-state index contributed by atoms with van der Waals surface area (Å²) >= 11 is 5.72. The van der Waals surface area contributed by atoms with Crippen molar-refractivity contribution < 1.29 is 4.42 Å². The molecule has 0 radical (unpaired) electrons. The summed E-state index contributed by atoms with van der Waals surface area (Å²) in [5.74, 6) is 1.58. The van der Waals surface area contributed by atoms with Gasteiger partial charge in [-0.05, 0) is 18.6 Å². The zero-order valence-corrected chi connectivity index (χ0v) is 8.95. The lowest BCUT2D eigenvalue weighted by atomic mass is 10.3. The number of hydrogen-bond donors (Lipinski definition) is 1. The van der Waals surface area contributed by atoms with E-state index in [4.69, 9.17) is 16.0 Å². The lowest BCUT2D eigenvalue weighted by Crippen LogP contribution is -2.01. The number of halogens is 1. The number of nitrogens with zero attached hydrogens (tertiary/aromatic N) is 2. The van der Waals surface area contributed by atoms with Crippen LogP contribution in [-0.4, -0.2) is 9.97 Å². The first-order valence-corrected chi connectivity index (χ1v) is 4.88. The molecule has 0 aliphatic rings. The maximum absolute atomic E-state index is 5.72. The van der Waals surface area contributed by atoms with Crippen molar-refractivity contribution in [1.82, 2.24) is 9.97 Å². The van der Waals surface area contributed by atoms with Crippen LogP contribution >= 0.6 is 11.6 Å². The summed E-state index contributed by atoms with van der Waals surface area (Å²) in [5.41, 5.74) is 1.11. The van der Waals surface area contributed by atoms with Crippen molar-refractivity contribution >= 4 is 17.4 Å². The van der Waals surface area contributed by atoms with Gasteiger partial charge in [-0.2, -0.15) is 0 Å². The fourth-order valence-corrected chi connectivity index (χ4v) is 1.33. The summed E-state index contributed by atoms with van der Waals surface area (Å²) in [6, 6.07) is 3.59. The number of hydrogen-bond acceptors (Lipinski definition) is 4. The molecule has 0 atom stereocenters. The quantitative estimate of drug-likeness (QED) is 0.813. The normalized spacial score (nSPS) is 10.3. The number of anilines is 1. The Morgan fingerprint density at radius 3 is 3.00 bits per heavy atom. The highest BCUT2D eigenvalue weighted by molar-refractivity contribution is 6.29. The topological polar surface area (TPSA) is 51.0 Å². The average Bonchev–Trinajstić information content (AvgIpc) is 2.61. The summed E-state index contributed by atoms with van der Waals surface area (Å²) in [6.45, 7) is 2.58. The maximum atomic E-state index is 5.72. The van der Waals surface area contributed by atoms with Crippen LogP contribution in [-0.2, 0) is 6.54 Å². The highest BCUT2D eigenvalue weighted by Crippen LogP contribution is 2.13. The Bertz CT molecular complexity index is 455. The second-order valence-corrected chi connectivity index (χ2v) is 3.49. The molecule has 0 saturated carbocycles. The first-order valence-electron chi connectivity index (χ1n) is 4.50. The molecule has 0 aliphatic carbocycles. The van der Waals surface area contributed by atoms with Crippen LogP contribution in [0.25, 0.3) is 0 Å². The molecule has 0 saturated heterocycles. The van der Waals surface area contributed by atoms with Crippen LogP contribution in [0.3, 0.4) is 0 Å². The Kier molecular flexibility index (Phi) is 2.87. The van der Waals surface area contributed by atoms with Gasteiger partial charge in [0.1, 0.15) is 23.1 Å². The molecule has 2 rings (SSSR count). The lowest BCUT2D eigenvalue weighted by Gasteiger charge is -2.03. The van der Waals surface area contributed by atoms with Crippen LogP contribution in [0.4, 0.5) is 5.82 Å². The molecule has 78 valence electrons. The Morgan fingerprint density at radius 1 is 1.47 bits per heavy atom. The van der Waals surface area contributed by atoms with E-state index in [1.165, 1.54) is 6.33 Å². The zero-order valence-electron chi connectivity index (χ0n) is 8.20. The summed E-state index contributed by atoms with van der Waals surface area (Å²) in [7, 11) is 0. The van der Waals surface area contributed by atoms with Crippen molar-refractivity contribution in [2.45, 2.75) is 13.5 Å². The van der Waals surface area contributed by atoms with Crippen LogP contribution in [0.5, 0.6) is 0 Å². The van der Waals surface area contributed by atoms with Crippen LogP contribution in [0, 0.1) is 6.92 Å². The molecule has 15 heavy (non-hydrogen) atoms. The standard InChI is InChI=1S/C10H10ClN3O/c1-7-2-3-15-8(7)5-12-10-4-9(11)13-6-14-10/h2-4,6H,5H2,1H3,(H,12,13,14). The zero-order chi connectivity index (χ0) is 10.7. The number of aromatic nitrogens is 2. The van der Waals surface area contributed by atoms with Gasteiger partial charge in [0.05, 0.1) is 12.8 Å². The third-order valence-electron chi connectivity index (χ3n) is 2.03. The number of furan rings is 1. The third-order valence-corrected chi connectivity index (χ3v) is 2.24. The van der Waals surface area contributed by atoms with Gasteiger partial charge in [0.2, 0.25) is 0 Å². The van der Waals surface area contributed by atoms with E-state index < -0.39 is 0 Å². The molecule has 5 heteroatoms. The van der Waals surface area contributed by atoms with Gasteiger partial charge in [-0.3, -0.25) is 0 Å². The Morgan fingerprint density at radius 2 is 2.33 bits per heavy atom. The van der Waals surface area contributed by atoms with E-state index in [-0.39, 0.29) is 0 Å². The molecule has 0 aromatic carbocycles. The van der Waals surface area contributed by atoms with Crippen molar-refractivity contribution in [3.8, 4) is 0 Å². The van der Waals surface area contributed by atoms with E-state index in [2.05, 4.69) is 15.3 Å². The number of nitrogens with one attached hydrogen (secondary N) is 1. The lowest BCUT2D eigenvalue weighted by molar-refractivity contribution is 0.515. The monoisotopic (exact) mass is 223 g/mol. The van der Waals surface area contributed by atoms with Crippen molar-refractivity contribution in [2.24, 2.45) is 0 Å². The molecule has 0 aliphatic heterocycles. The van der Waals surface area contributed by atoms with Crippen molar-refractivity contribution in [3.05, 3.63) is 41.2 Å². The predicted molar refractivity (Wildman–Crippen MR) is 57.8 cm³/mol. The number of aryl methyl sites for hydroxylation is 1. The molecule has 2 aromatic heterocycles. The van der Waals surface area contributed by atoms with Crippen LogP contribution in [0.15, 0.2) is 29.1 Å². The summed E-state index contributed by atoms with van der Waals surface area (Å²) in [5, 5.41) is 3.52. The Hall–Kier alpha value is -1.55. The van der Waals surface area contributed by atoms with Crippen molar-refractivity contribution in [2.75, 3.05) is 5.32 Å². The fourth-order valence-electron chi connectivity index (χ4n) is 1.19. The molecule has 2 aromatic rings. The Labute approximate surface area is 92.3 Å². The summed E-state index contributed by atoms with van der Waals surface area (Å²) in [6.07, 6.45) is 3.08. The van der Waals surface area contributed by atoms with Gasteiger partial charge in [0, 0.05) is 6.07 Å². The minimum atomic E-state index is 0.420. The van der Waals surface area contributed by atoms with E-state index in [1.807, 2.05) is 13.0 Å². The fraction of sp³-hybridized carbons (Fsp3) is 0.200. The van der Waals surface area contributed by atoms with Gasteiger partial charge in [-0.25, -0.2) is 9.97 Å². The average molecular weight is 224 g/mol. The highest BCUT2D eigenvalue weighted by atomic mass is 35.5. The minimum Gasteiger partial charge on any atom is -0.467 e. The molecule has 2 heterocycles. The molecule has 0 unspecified atom stereocenters. The van der Waals surface area contributed by atoms with Gasteiger partial charge in [-0.15, -0.1) is 0 Å². The second-order valence-electron chi connectivity index (χ2n) is 3.11. The first kappa shape index (κ1) is 9.98. The summed E-state index contributed by atoms with van der Waals surface area (Å²) < 4.78 is 5.28. The molecule has 0 bridgehead atoms. The van der Waals surface area contributed by atoms with Crippen LogP contribution in [0.2, 0.25) is 5.15 Å². The van der Waals surface area contributed by atoms with Gasteiger partial charge in [-0.1, -0.05) is 11.6 Å². The molecule has 0 spiro atoms. The molecule has 0 fully saturated rings. The van der Waals surface area contributed by atoms with E-state index in [9.17, 15) is 0 Å². The Balaban J connectivity index is 2.02. The van der Waals surface area contributed by atoms with Gasteiger partial charge in [0.25, 0.3) is 0 Å². The van der Waals surface area contributed by atoms with Crippen LogP contribution in [0.1, 0.15) is 11.3 Å². The largest absolute Gasteiger partial charge is 0.467 e. The van der Waals surface area contributed by atoms with E-state index in [0.717, 1.165) is 11.3 Å². The van der Waals surface area contributed by atoms with Crippen molar-refractivity contribution in [1.29, 1.82) is 0 Å². The van der Waals surface area contributed by atoms with E-state index in [0.29, 0.717) is 17.5 Å². The summed E-state index contributed by atoms with van der Waals surface area (Å²) in [4.78, 5) is 7.81. The smallest absolute Gasteiger partial charge is 0.134 e. The number of rotatable bonds is 3. The second kappa shape index (κ2) is 4.31. The van der Waals surface area contributed by atoms with Crippen molar-refractivity contribution in [3.63, 3.8) is 0 Å². The van der Waals surface area contributed by atoms with E-state index in [1.54, 1.807) is 12.3 Å². The minimum absolute atomic E-state index is 0.420. The van der Waals surface area contributed by atoms with Gasteiger partial charge >= 0.3 is 0 Å². The third kappa shape index (κ3) is 2.47. The molecule has 4 nitrogen and oxygen atoms in total.